The van der Waals surface area contributed by atoms with Crippen LogP contribution in [0.3, 0.4) is 0 Å². The van der Waals surface area contributed by atoms with Crippen LogP contribution in [-0.2, 0) is 11.2 Å². The molecule has 1 aromatic rings. The molecule has 0 bridgehead atoms. The molecule has 1 atom stereocenters. The molecule has 0 spiro atoms. The molecule has 1 aromatic carbocycles. The van der Waals surface area contributed by atoms with E-state index in [9.17, 15) is 9.18 Å². The molecule has 1 rings (SSSR count). The van der Waals surface area contributed by atoms with Crippen LogP contribution in [0.2, 0.25) is 0 Å². The number of halogens is 1. The molecule has 0 aliphatic carbocycles. The third-order valence-corrected chi connectivity index (χ3v) is 2.61. The topological polar surface area (TPSA) is 37.3 Å². The summed E-state index contributed by atoms with van der Waals surface area (Å²) in [4.78, 5) is 10.7. The number of benzene rings is 1. The van der Waals surface area contributed by atoms with Gasteiger partial charge in [-0.1, -0.05) is 26.8 Å². The second-order valence-electron chi connectivity index (χ2n) is 4.49. The second-order valence-corrected chi connectivity index (χ2v) is 4.49. The van der Waals surface area contributed by atoms with Gasteiger partial charge in [-0.15, -0.1) is 0 Å². The predicted molar refractivity (Wildman–Crippen MR) is 61.0 cm³/mol. The van der Waals surface area contributed by atoms with Gasteiger partial charge in [-0.2, -0.15) is 0 Å². The van der Waals surface area contributed by atoms with Crippen LogP contribution in [0.1, 0.15) is 37.8 Å². The first kappa shape index (κ1) is 12.7. The maximum Gasteiger partial charge on any atom is 0.306 e. The van der Waals surface area contributed by atoms with Crippen molar-refractivity contribution in [3.05, 3.63) is 35.1 Å². The minimum atomic E-state index is -0.852. The first-order chi connectivity index (χ1) is 7.40. The summed E-state index contributed by atoms with van der Waals surface area (Å²) in [5, 5.41) is 8.80. The van der Waals surface area contributed by atoms with Crippen molar-refractivity contribution in [1.82, 2.24) is 0 Å². The molecular formula is C13H17FO2. The molecule has 16 heavy (non-hydrogen) atoms. The number of aliphatic carboxylic acids is 1. The van der Waals surface area contributed by atoms with Crippen molar-refractivity contribution >= 4 is 5.97 Å². The van der Waals surface area contributed by atoms with E-state index in [4.69, 9.17) is 5.11 Å². The average Bonchev–Trinajstić information content (AvgIpc) is 2.16. The van der Waals surface area contributed by atoms with Gasteiger partial charge in [0.25, 0.3) is 0 Å². The highest BCUT2D eigenvalue weighted by Gasteiger charge is 2.13. The van der Waals surface area contributed by atoms with E-state index in [1.165, 1.54) is 12.1 Å². The Labute approximate surface area is 95.1 Å². The summed E-state index contributed by atoms with van der Waals surface area (Å²) < 4.78 is 13.3. The standard InChI is InChI=1S/C13H17FO2/c1-8(2)11-5-10(6-12(14)7-11)4-9(3)13(15)16/h5-9H,4H2,1-3H3,(H,15,16). The Hall–Kier alpha value is -1.38. The van der Waals surface area contributed by atoms with Crippen molar-refractivity contribution in [3.8, 4) is 0 Å². The smallest absolute Gasteiger partial charge is 0.306 e. The average molecular weight is 224 g/mol. The second kappa shape index (κ2) is 5.10. The van der Waals surface area contributed by atoms with Gasteiger partial charge in [0.15, 0.2) is 0 Å². The van der Waals surface area contributed by atoms with E-state index in [2.05, 4.69) is 0 Å². The normalized spacial score (nSPS) is 12.8. The number of rotatable bonds is 4. The van der Waals surface area contributed by atoms with E-state index < -0.39 is 11.9 Å². The van der Waals surface area contributed by atoms with Crippen LogP contribution in [0.4, 0.5) is 4.39 Å². The number of carboxylic acid groups (broad SMARTS) is 1. The molecule has 0 aliphatic rings. The van der Waals surface area contributed by atoms with Gasteiger partial charge in [0.2, 0.25) is 0 Å². The third-order valence-electron chi connectivity index (χ3n) is 2.61. The molecule has 0 heterocycles. The van der Waals surface area contributed by atoms with Crippen molar-refractivity contribution in [3.63, 3.8) is 0 Å². The molecule has 0 aliphatic heterocycles. The molecule has 0 saturated heterocycles. The van der Waals surface area contributed by atoms with Crippen molar-refractivity contribution in [1.29, 1.82) is 0 Å². The fourth-order valence-electron chi connectivity index (χ4n) is 1.57. The van der Waals surface area contributed by atoms with Gasteiger partial charge in [0, 0.05) is 0 Å². The van der Waals surface area contributed by atoms with Gasteiger partial charge < -0.3 is 5.11 Å². The Morgan fingerprint density at radius 1 is 1.31 bits per heavy atom. The highest BCUT2D eigenvalue weighted by Crippen LogP contribution is 2.19. The van der Waals surface area contributed by atoms with E-state index >= 15 is 0 Å². The molecule has 88 valence electrons. The zero-order valence-electron chi connectivity index (χ0n) is 9.83. The quantitative estimate of drug-likeness (QED) is 0.852. The van der Waals surface area contributed by atoms with Gasteiger partial charge in [-0.25, -0.2) is 4.39 Å². The van der Waals surface area contributed by atoms with Crippen LogP contribution in [0.25, 0.3) is 0 Å². The highest BCUT2D eigenvalue weighted by atomic mass is 19.1. The molecule has 0 radical (unpaired) electrons. The summed E-state index contributed by atoms with van der Waals surface area (Å²) in [6.07, 6.45) is 0.368. The van der Waals surface area contributed by atoms with E-state index in [1.807, 2.05) is 19.9 Å². The Morgan fingerprint density at radius 3 is 2.44 bits per heavy atom. The zero-order valence-corrected chi connectivity index (χ0v) is 9.83. The zero-order chi connectivity index (χ0) is 12.3. The Kier molecular flexibility index (Phi) is 4.05. The number of hydrogen-bond acceptors (Lipinski definition) is 1. The predicted octanol–water partition coefficient (Wildman–Crippen LogP) is 3.21. The van der Waals surface area contributed by atoms with Crippen LogP contribution < -0.4 is 0 Å². The molecular weight excluding hydrogens is 207 g/mol. The SMILES string of the molecule is CC(Cc1cc(F)cc(C(C)C)c1)C(=O)O. The summed E-state index contributed by atoms with van der Waals surface area (Å²) in [7, 11) is 0. The summed E-state index contributed by atoms with van der Waals surface area (Å²) >= 11 is 0. The van der Waals surface area contributed by atoms with Gasteiger partial charge in [-0.05, 0) is 35.6 Å². The Bertz CT molecular complexity index is 386. The van der Waals surface area contributed by atoms with Gasteiger partial charge in [0.1, 0.15) is 5.82 Å². The maximum absolute atomic E-state index is 13.3. The fraction of sp³-hybridized carbons (Fsp3) is 0.462. The minimum absolute atomic E-state index is 0.245. The number of hydrogen-bond donors (Lipinski definition) is 1. The fourth-order valence-corrected chi connectivity index (χ4v) is 1.57. The van der Waals surface area contributed by atoms with Gasteiger partial charge in [-0.3, -0.25) is 4.79 Å². The van der Waals surface area contributed by atoms with Crippen LogP contribution in [0, 0.1) is 11.7 Å². The van der Waals surface area contributed by atoms with E-state index in [0.717, 1.165) is 11.1 Å². The van der Waals surface area contributed by atoms with Crippen LogP contribution in [0.5, 0.6) is 0 Å². The lowest BCUT2D eigenvalue weighted by Gasteiger charge is -2.10. The molecule has 3 heteroatoms. The summed E-state index contributed by atoms with van der Waals surface area (Å²) in [5.74, 6) is -1.38. The monoisotopic (exact) mass is 224 g/mol. The Morgan fingerprint density at radius 2 is 1.94 bits per heavy atom. The number of carboxylic acids is 1. The van der Waals surface area contributed by atoms with Crippen molar-refractivity contribution in [2.45, 2.75) is 33.1 Å². The molecule has 2 nitrogen and oxygen atoms in total. The van der Waals surface area contributed by atoms with E-state index in [-0.39, 0.29) is 11.7 Å². The lowest BCUT2D eigenvalue weighted by Crippen LogP contribution is -2.12. The lowest BCUT2D eigenvalue weighted by atomic mass is 9.95. The first-order valence-corrected chi connectivity index (χ1v) is 5.42. The lowest BCUT2D eigenvalue weighted by molar-refractivity contribution is -0.141. The summed E-state index contributed by atoms with van der Waals surface area (Å²) in [6, 6.07) is 4.79. The summed E-state index contributed by atoms with van der Waals surface area (Å²) in [5.41, 5.74) is 1.66. The van der Waals surface area contributed by atoms with Crippen molar-refractivity contribution in [2.24, 2.45) is 5.92 Å². The van der Waals surface area contributed by atoms with E-state index in [0.29, 0.717) is 6.42 Å². The maximum atomic E-state index is 13.3. The highest BCUT2D eigenvalue weighted by molar-refractivity contribution is 5.69. The molecule has 0 aromatic heterocycles. The van der Waals surface area contributed by atoms with Crippen LogP contribution >= 0.6 is 0 Å². The minimum Gasteiger partial charge on any atom is -0.481 e. The first-order valence-electron chi connectivity index (χ1n) is 5.42. The van der Waals surface area contributed by atoms with Gasteiger partial charge in [0.05, 0.1) is 5.92 Å². The Balaban J connectivity index is 2.92. The molecule has 1 N–H and O–H groups in total. The molecule has 0 fully saturated rings. The van der Waals surface area contributed by atoms with Gasteiger partial charge >= 0.3 is 5.97 Å². The van der Waals surface area contributed by atoms with Crippen molar-refractivity contribution in [2.75, 3.05) is 0 Å². The largest absolute Gasteiger partial charge is 0.481 e. The van der Waals surface area contributed by atoms with Crippen LogP contribution in [-0.4, -0.2) is 11.1 Å². The molecule has 0 saturated carbocycles. The third kappa shape index (κ3) is 3.33. The number of carbonyl (C=O) groups is 1. The molecule has 0 amide bonds. The van der Waals surface area contributed by atoms with E-state index in [1.54, 1.807) is 6.92 Å². The summed E-state index contributed by atoms with van der Waals surface area (Å²) in [6.45, 7) is 5.60. The molecule has 1 unspecified atom stereocenters. The van der Waals surface area contributed by atoms with Crippen LogP contribution in [0.15, 0.2) is 18.2 Å². The van der Waals surface area contributed by atoms with Crippen molar-refractivity contribution < 1.29 is 14.3 Å².